The van der Waals surface area contributed by atoms with Gasteiger partial charge in [0.2, 0.25) is 5.91 Å². The maximum atomic E-state index is 12.6. The number of nitrogens with zero attached hydrogens (tertiary/aromatic N) is 3. The van der Waals surface area contributed by atoms with E-state index in [1.54, 1.807) is 12.4 Å². The minimum Gasteiger partial charge on any atom is -0.481 e. The molecule has 1 aliphatic carbocycles. The fourth-order valence-electron chi connectivity index (χ4n) is 5.18. The molecule has 8 nitrogen and oxygen atoms in total. The molecular weight excluding hydrogens is 396 g/mol. The highest BCUT2D eigenvalue weighted by molar-refractivity contribution is 5.91. The molecule has 0 bridgehead atoms. The van der Waals surface area contributed by atoms with Gasteiger partial charge in [-0.1, -0.05) is 12.8 Å². The van der Waals surface area contributed by atoms with Gasteiger partial charge in [0.1, 0.15) is 5.60 Å². The van der Waals surface area contributed by atoms with Crippen molar-refractivity contribution in [3.8, 4) is 0 Å². The van der Waals surface area contributed by atoms with E-state index in [2.05, 4.69) is 20.2 Å². The second-order valence-corrected chi connectivity index (χ2v) is 9.30. The number of amides is 1. The Morgan fingerprint density at radius 2 is 2.00 bits per heavy atom. The van der Waals surface area contributed by atoms with Crippen molar-refractivity contribution >= 4 is 28.5 Å². The number of carbonyl (C=O) groups excluding carboxylic acids is 1. The number of aliphatic hydroxyl groups is 1. The van der Waals surface area contributed by atoms with E-state index < -0.39 is 17.0 Å². The van der Waals surface area contributed by atoms with E-state index in [4.69, 9.17) is 0 Å². The normalized spacial score (nSPS) is 22.7. The lowest BCUT2D eigenvalue weighted by molar-refractivity contribution is -0.140. The van der Waals surface area contributed by atoms with Crippen LogP contribution in [0.15, 0.2) is 24.5 Å². The van der Waals surface area contributed by atoms with Crippen molar-refractivity contribution in [2.45, 2.75) is 57.5 Å². The Bertz CT molecular complexity index is 989. The smallest absolute Gasteiger partial charge is 0.303 e. The molecular formula is C23H30N4O4. The number of hydrogen-bond acceptors (Lipinski definition) is 6. The van der Waals surface area contributed by atoms with Gasteiger partial charge in [0.25, 0.3) is 0 Å². The van der Waals surface area contributed by atoms with Crippen molar-refractivity contribution in [2.75, 3.05) is 24.5 Å². The van der Waals surface area contributed by atoms with Gasteiger partial charge in [-0.05, 0) is 43.7 Å². The van der Waals surface area contributed by atoms with Crippen LogP contribution in [-0.4, -0.2) is 57.3 Å². The van der Waals surface area contributed by atoms with Crippen molar-refractivity contribution in [3.63, 3.8) is 0 Å². The number of carboxylic acids is 1. The van der Waals surface area contributed by atoms with Crippen molar-refractivity contribution in [1.29, 1.82) is 0 Å². The minimum absolute atomic E-state index is 0.0287. The molecule has 1 saturated heterocycles. The molecule has 0 aromatic carbocycles. The highest BCUT2D eigenvalue weighted by Gasteiger charge is 2.40. The number of nitrogens with one attached hydrogen (secondary N) is 1. The third-order valence-corrected chi connectivity index (χ3v) is 6.73. The molecule has 2 aromatic rings. The number of aliphatic carboxylic acids is 1. The summed E-state index contributed by atoms with van der Waals surface area (Å²) in [5.74, 6) is -1.03. The summed E-state index contributed by atoms with van der Waals surface area (Å²) in [4.78, 5) is 34.8. The van der Waals surface area contributed by atoms with E-state index in [0.29, 0.717) is 19.5 Å². The number of anilines is 1. The largest absolute Gasteiger partial charge is 0.481 e. The Hall–Kier alpha value is -2.74. The molecule has 0 spiro atoms. The zero-order valence-electron chi connectivity index (χ0n) is 17.9. The van der Waals surface area contributed by atoms with Crippen LogP contribution in [0.25, 0.3) is 10.9 Å². The third kappa shape index (κ3) is 4.79. The molecule has 1 amide bonds. The Morgan fingerprint density at radius 1 is 1.23 bits per heavy atom. The first-order chi connectivity index (χ1) is 14.8. The number of β-amino-alcohol motifs (C(OH)–C–C–N with tert-alkyl or cyclic N) is 1. The lowest BCUT2D eigenvalue weighted by atomic mass is 9.79. The van der Waals surface area contributed by atoms with Crippen LogP contribution in [0, 0.1) is 12.3 Å². The number of aryl methyl sites for hydroxylation is 1. The number of aromatic nitrogens is 2. The molecule has 1 saturated carbocycles. The number of hydrogen-bond donors (Lipinski definition) is 3. The van der Waals surface area contributed by atoms with Gasteiger partial charge in [0, 0.05) is 55.2 Å². The van der Waals surface area contributed by atoms with Crippen molar-refractivity contribution < 1.29 is 19.8 Å². The zero-order chi connectivity index (χ0) is 22.1. The molecule has 4 rings (SSSR count). The summed E-state index contributed by atoms with van der Waals surface area (Å²) in [6.07, 6.45) is 7.76. The highest BCUT2D eigenvalue weighted by Crippen LogP contribution is 2.44. The molecule has 166 valence electrons. The molecule has 0 radical (unpaired) electrons. The van der Waals surface area contributed by atoms with E-state index in [0.717, 1.165) is 48.0 Å². The number of fused-ring (bicyclic) bond motifs is 1. The molecule has 0 unspecified atom stereocenters. The summed E-state index contributed by atoms with van der Waals surface area (Å²) >= 11 is 0. The average molecular weight is 427 g/mol. The average Bonchev–Trinajstić information content (AvgIpc) is 3.32. The molecule has 31 heavy (non-hydrogen) atoms. The number of rotatable bonds is 7. The molecule has 1 atom stereocenters. The van der Waals surface area contributed by atoms with Gasteiger partial charge < -0.3 is 20.4 Å². The topological polar surface area (TPSA) is 116 Å². The van der Waals surface area contributed by atoms with E-state index >= 15 is 0 Å². The lowest BCUT2D eigenvalue weighted by Crippen LogP contribution is -2.46. The molecule has 8 heteroatoms. The van der Waals surface area contributed by atoms with Crippen LogP contribution < -0.4 is 10.2 Å². The number of carboxylic acid groups (broad SMARTS) is 1. The Kier molecular flexibility index (Phi) is 5.83. The molecule has 3 N–H and O–H groups in total. The van der Waals surface area contributed by atoms with Gasteiger partial charge in [-0.2, -0.15) is 0 Å². The van der Waals surface area contributed by atoms with Crippen LogP contribution >= 0.6 is 0 Å². The van der Waals surface area contributed by atoms with E-state index in [-0.39, 0.29) is 25.3 Å². The zero-order valence-corrected chi connectivity index (χ0v) is 17.9. The summed E-state index contributed by atoms with van der Waals surface area (Å²) in [5.41, 5.74) is 1.29. The van der Waals surface area contributed by atoms with Gasteiger partial charge >= 0.3 is 5.97 Å². The second-order valence-electron chi connectivity index (χ2n) is 9.30. The predicted molar refractivity (Wildman–Crippen MR) is 117 cm³/mol. The predicted octanol–water partition coefficient (Wildman–Crippen LogP) is 2.42. The fraction of sp³-hybridized carbons (Fsp3) is 0.565. The van der Waals surface area contributed by atoms with Crippen LogP contribution in [-0.2, 0) is 9.59 Å². The summed E-state index contributed by atoms with van der Waals surface area (Å²) in [5, 5.41) is 24.2. The Labute approximate surface area is 181 Å². The van der Waals surface area contributed by atoms with Crippen LogP contribution in [0.1, 0.15) is 50.6 Å². The maximum absolute atomic E-state index is 12.6. The van der Waals surface area contributed by atoms with E-state index in [1.807, 2.05) is 19.1 Å². The standard InChI is InChI=1S/C23H30N4O4/c1-16-10-19(17-13-24-8-4-18(17)26-16)27-9-7-23(31,15-27)14-25-20(28)11-22(12-21(29)30)5-2-3-6-22/h4,8,10,13,31H,2-3,5-7,9,11-12,14-15H2,1H3,(H,25,28)(H,29,30)/t23-/m0/s1. The summed E-state index contributed by atoms with van der Waals surface area (Å²) in [7, 11) is 0. The van der Waals surface area contributed by atoms with Gasteiger partial charge in [-0.15, -0.1) is 0 Å². The molecule has 3 heterocycles. The van der Waals surface area contributed by atoms with Gasteiger partial charge in [-0.3, -0.25) is 19.6 Å². The minimum atomic E-state index is -1.03. The second kappa shape index (κ2) is 8.42. The van der Waals surface area contributed by atoms with Crippen LogP contribution in [0.5, 0.6) is 0 Å². The van der Waals surface area contributed by atoms with Crippen molar-refractivity contribution in [2.24, 2.45) is 5.41 Å². The lowest BCUT2D eigenvalue weighted by Gasteiger charge is -2.28. The maximum Gasteiger partial charge on any atom is 0.303 e. The van der Waals surface area contributed by atoms with E-state index in [9.17, 15) is 19.8 Å². The quantitative estimate of drug-likeness (QED) is 0.623. The number of carbonyl (C=O) groups is 2. The number of pyridine rings is 2. The SMILES string of the molecule is Cc1cc(N2CC[C@](O)(CNC(=O)CC3(CC(=O)O)CCCC3)C2)c2cnccc2n1. The van der Waals surface area contributed by atoms with Crippen molar-refractivity contribution in [3.05, 3.63) is 30.2 Å². The van der Waals surface area contributed by atoms with Gasteiger partial charge in [0.05, 0.1) is 11.9 Å². The summed E-state index contributed by atoms with van der Waals surface area (Å²) < 4.78 is 0. The highest BCUT2D eigenvalue weighted by atomic mass is 16.4. The van der Waals surface area contributed by atoms with Crippen molar-refractivity contribution in [1.82, 2.24) is 15.3 Å². The van der Waals surface area contributed by atoms with Gasteiger partial charge in [-0.25, -0.2) is 0 Å². The first-order valence-electron chi connectivity index (χ1n) is 10.9. The van der Waals surface area contributed by atoms with E-state index in [1.165, 1.54) is 0 Å². The Morgan fingerprint density at radius 3 is 2.74 bits per heavy atom. The van der Waals surface area contributed by atoms with Crippen LogP contribution in [0.2, 0.25) is 0 Å². The molecule has 2 fully saturated rings. The van der Waals surface area contributed by atoms with Gasteiger partial charge in [0.15, 0.2) is 0 Å². The van der Waals surface area contributed by atoms with Crippen LogP contribution in [0.3, 0.4) is 0 Å². The Balaban J connectivity index is 1.40. The summed E-state index contributed by atoms with van der Waals surface area (Å²) in [6, 6.07) is 3.88. The van der Waals surface area contributed by atoms with Crippen LogP contribution in [0.4, 0.5) is 5.69 Å². The molecule has 2 aliphatic rings. The molecule has 1 aliphatic heterocycles. The molecule has 2 aromatic heterocycles. The summed E-state index contributed by atoms with van der Waals surface area (Å²) in [6.45, 7) is 3.18. The monoisotopic (exact) mass is 426 g/mol. The fourth-order valence-corrected chi connectivity index (χ4v) is 5.18. The third-order valence-electron chi connectivity index (χ3n) is 6.73. The first-order valence-corrected chi connectivity index (χ1v) is 10.9. The first kappa shape index (κ1) is 21.5.